The van der Waals surface area contributed by atoms with Crippen molar-refractivity contribution >= 4 is 11.6 Å². The topological polar surface area (TPSA) is 74.6 Å². The van der Waals surface area contributed by atoms with Gasteiger partial charge in [-0.2, -0.15) is 27.1 Å². The summed E-state index contributed by atoms with van der Waals surface area (Å²) in [4.78, 5) is 12.2. The van der Waals surface area contributed by atoms with Gasteiger partial charge in [0.05, 0.1) is 25.2 Å². The quantitative estimate of drug-likeness (QED) is 0.695. The molecule has 0 saturated carbocycles. The van der Waals surface area contributed by atoms with Gasteiger partial charge in [0.1, 0.15) is 13.3 Å². The van der Waals surface area contributed by atoms with Crippen LogP contribution in [0.2, 0.25) is 0 Å². The van der Waals surface area contributed by atoms with Crippen LogP contribution in [0, 0.1) is 0 Å². The number of nitrogens with one attached hydrogen (secondary N) is 1. The fourth-order valence-corrected chi connectivity index (χ4v) is 1.96. The molecule has 27 heavy (non-hydrogen) atoms. The molecule has 2 rings (SSSR count). The van der Waals surface area contributed by atoms with E-state index < -0.39 is 32.0 Å². The van der Waals surface area contributed by atoms with Crippen LogP contribution in [0.3, 0.4) is 0 Å². The first-order chi connectivity index (χ1) is 12.7. The van der Waals surface area contributed by atoms with Crippen molar-refractivity contribution in [2.24, 2.45) is 0 Å². The first-order valence-corrected chi connectivity index (χ1v) is 7.29. The highest BCUT2D eigenvalue weighted by molar-refractivity contribution is 6.04. The molecule has 12 heteroatoms. The van der Waals surface area contributed by atoms with Gasteiger partial charge in [0.2, 0.25) is 0 Å². The molecule has 2 aromatic rings. The summed E-state index contributed by atoms with van der Waals surface area (Å²) in [5, 5.41) is 6.20. The molecule has 0 atom stereocenters. The third-order valence-electron chi connectivity index (χ3n) is 3.02. The number of nitrogens with zero attached hydrogens (tertiary/aromatic N) is 2. The minimum Gasteiger partial charge on any atom is -0.493 e. The van der Waals surface area contributed by atoms with Crippen LogP contribution in [-0.4, -0.2) is 42.2 Å². The van der Waals surface area contributed by atoms with Gasteiger partial charge < -0.3 is 19.5 Å². The summed E-state index contributed by atoms with van der Waals surface area (Å²) in [5.74, 6) is -0.925. The average Bonchev–Trinajstić information content (AvgIpc) is 3.00. The Morgan fingerprint density at radius 2 is 2.04 bits per heavy atom. The lowest BCUT2D eigenvalue weighted by atomic mass is 10.2. The van der Waals surface area contributed by atoms with Gasteiger partial charge in [-0.1, -0.05) is 0 Å². The van der Waals surface area contributed by atoms with Gasteiger partial charge in [0.25, 0.3) is 5.91 Å². The summed E-state index contributed by atoms with van der Waals surface area (Å²) in [6.45, 7) is -4.94. The number of benzene rings is 1. The van der Waals surface area contributed by atoms with Crippen LogP contribution in [-0.2, 0) is 11.5 Å². The van der Waals surface area contributed by atoms with Gasteiger partial charge in [0.15, 0.2) is 11.5 Å². The maximum atomic E-state index is 12.3. The lowest BCUT2D eigenvalue weighted by Crippen LogP contribution is -2.18. The number of methoxy groups -OCH3 is 1. The highest BCUT2D eigenvalue weighted by Crippen LogP contribution is 2.29. The number of ether oxygens (including phenoxy) is 3. The van der Waals surface area contributed by atoms with Crippen molar-refractivity contribution in [2.75, 3.05) is 19.0 Å². The average molecular weight is 395 g/mol. The molecule has 0 aliphatic rings. The van der Waals surface area contributed by atoms with Gasteiger partial charge in [-0.25, -0.2) is 4.68 Å². The van der Waals surface area contributed by atoms with E-state index >= 15 is 0 Å². The minimum atomic E-state index is -4.45. The highest BCUT2D eigenvalue weighted by atomic mass is 19.4. The Hall–Kier alpha value is -2.89. The monoisotopic (exact) mass is 395 g/mol. The normalized spacial score (nSPS) is 11.5. The van der Waals surface area contributed by atoms with Gasteiger partial charge in [-0.3, -0.25) is 4.79 Å². The van der Waals surface area contributed by atoms with Crippen molar-refractivity contribution in [3.05, 3.63) is 36.2 Å². The summed E-state index contributed by atoms with van der Waals surface area (Å²) in [5.41, 5.74) is 0.275. The molecule has 0 radical (unpaired) electrons. The molecule has 1 aromatic carbocycles. The summed E-state index contributed by atoms with van der Waals surface area (Å²) in [7, 11) is 1.22. The van der Waals surface area contributed by atoms with Crippen molar-refractivity contribution in [3.8, 4) is 11.5 Å². The minimum absolute atomic E-state index is 0.0702. The maximum absolute atomic E-state index is 12.3. The molecule has 0 unspecified atom stereocenters. The predicted octanol–water partition coefficient (Wildman–Crippen LogP) is 3.28. The molecule has 148 valence electrons. The number of halogens is 5. The number of aromatic nitrogens is 2. The Balaban J connectivity index is 1.99. The van der Waals surface area contributed by atoms with Crippen LogP contribution in [0.5, 0.6) is 11.5 Å². The smallest absolute Gasteiger partial charge is 0.411 e. The van der Waals surface area contributed by atoms with Gasteiger partial charge in [-0.15, -0.1) is 0 Å². The van der Waals surface area contributed by atoms with Crippen molar-refractivity contribution in [2.45, 2.75) is 19.5 Å². The Bertz CT molecular complexity index is 779. The van der Waals surface area contributed by atoms with E-state index in [1.165, 1.54) is 31.6 Å². The molecule has 0 bridgehead atoms. The second kappa shape index (κ2) is 8.66. The Morgan fingerprint density at radius 3 is 2.67 bits per heavy atom. The van der Waals surface area contributed by atoms with Gasteiger partial charge in [-0.05, 0) is 18.2 Å². The number of amides is 1. The van der Waals surface area contributed by atoms with Crippen LogP contribution < -0.4 is 14.8 Å². The third kappa shape index (κ3) is 6.40. The zero-order valence-corrected chi connectivity index (χ0v) is 13.8. The fourth-order valence-electron chi connectivity index (χ4n) is 1.96. The van der Waals surface area contributed by atoms with Crippen molar-refractivity contribution < 1.29 is 41.0 Å². The number of rotatable bonds is 8. The molecular weight excluding hydrogens is 381 g/mol. The van der Waals surface area contributed by atoms with Crippen molar-refractivity contribution in [1.82, 2.24) is 9.78 Å². The second-order valence-corrected chi connectivity index (χ2v) is 5.06. The van der Waals surface area contributed by atoms with E-state index in [1.54, 1.807) is 0 Å². The molecule has 7 nitrogen and oxygen atoms in total. The van der Waals surface area contributed by atoms with Crippen molar-refractivity contribution in [1.29, 1.82) is 0 Å². The molecular formula is C15H14F5N3O4. The Kier molecular flexibility index (Phi) is 6.55. The predicted molar refractivity (Wildman–Crippen MR) is 81.8 cm³/mol. The largest absolute Gasteiger partial charge is 0.493 e. The summed E-state index contributed by atoms with van der Waals surface area (Å²) in [6.07, 6.45) is -1.98. The van der Waals surface area contributed by atoms with Crippen molar-refractivity contribution in [3.63, 3.8) is 0 Å². The van der Waals surface area contributed by atoms with Crippen LogP contribution in [0.4, 0.5) is 27.6 Å². The first kappa shape index (κ1) is 20.4. The number of hydrogen-bond donors (Lipinski definition) is 1. The van der Waals surface area contributed by atoms with E-state index in [0.717, 1.165) is 10.7 Å². The van der Waals surface area contributed by atoms with Crippen LogP contribution in [0.15, 0.2) is 30.6 Å². The standard InChI is InChI=1S/C15H14F5N3O4/c1-25-12-4-9(2-3-11(12)27-14(16)17)13(24)22-10-5-21-23(6-10)8-26-7-15(18,19)20/h2-6,14H,7-8H2,1H3,(H,22,24). The van der Waals surface area contributed by atoms with E-state index in [9.17, 15) is 26.7 Å². The number of anilines is 1. The van der Waals surface area contributed by atoms with E-state index in [4.69, 9.17) is 4.74 Å². The van der Waals surface area contributed by atoms with Gasteiger partial charge in [0, 0.05) is 5.56 Å². The fraction of sp³-hybridized carbons (Fsp3) is 0.333. The number of alkyl halides is 5. The molecule has 0 aliphatic heterocycles. The zero-order chi connectivity index (χ0) is 20.0. The summed E-state index contributed by atoms with van der Waals surface area (Å²) in [6, 6.07) is 3.59. The van der Waals surface area contributed by atoms with E-state index in [2.05, 4.69) is 19.9 Å². The number of hydrogen-bond acceptors (Lipinski definition) is 5. The molecule has 1 N–H and O–H groups in total. The molecule has 1 amide bonds. The molecule has 1 aromatic heterocycles. The lowest BCUT2D eigenvalue weighted by molar-refractivity contribution is -0.182. The lowest BCUT2D eigenvalue weighted by Gasteiger charge is -2.11. The highest BCUT2D eigenvalue weighted by Gasteiger charge is 2.27. The zero-order valence-electron chi connectivity index (χ0n) is 13.8. The van der Waals surface area contributed by atoms with E-state index in [0.29, 0.717) is 0 Å². The van der Waals surface area contributed by atoms with E-state index in [-0.39, 0.29) is 22.7 Å². The number of carbonyl (C=O) groups excluding carboxylic acids is 1. The SMILES string of the molecule is COc1cc(C(=O)Nc2cnn(COCC(F)(F)F)c2)ccc1OC(F)F. The molecule has 1 heterocycles. The molecule has 0 spiro atoms. The van der Waals surface area contributed by atoms with Crippen LogP contribution in [0.25, 0.3) is 0 Å². The van der Waals surface area contributed by atoms with E-state index in [1.807, 2.05) is 0 Å². The van der Waals surface area contributed by atoms with Crippen LogP contribution >= 0.6 is 0 Å². The Labute approximate surface area is 149 Å². The summed E-state index contributed by atoms with van der Waals surface area (Å²) >= 11 is 0. The number of carbonyl (C=O) groups is 1. The molecule has 0 fully saturated rings. The van der Waals surface area contributed by atoms with Crippen LogP contribution in [0.1, 0.15) is 10.4 Å². The van der Waals surface area contributed by atoms with Gasteiger partial charge >= 0.3 is 12.8 Å². The third-order valence-corrected chi connectivity index (χ3v) is 3.02. The second-order valence-electron chi connectivity index (χ2n) is 5.06. The summed E-state index contributed by atoms with van der Waals surface area (Å²) < 4.78 is 75.3. The molecule has 0 saturated heterocycles. The maximum Gasteiger partial charge on any atom is 0.411 e. The Morgan fingerprint density at radius 1 is 1.30 bits per heavy atom. The molecule has 0 aliphatic carbocycles. The first-order valence-electron chi connectivity index (χ1n) is 7.29.